The Morgan fingerprint density at radius 1 is 1.12 bits per heavy atom. The molecular weight excluding hydrogens is 338 g/mol. The number of hydrogen-bond donors (Lipinski definition) is 0. The minimum atomic E-state index is -3.32. The van der Waals surface area contributed by atoms with Crippen molar-refractivity contribution in [3.63, 3.8) is 0 Å². The van der Waals surface area contributed by atoms with Crippen LogP contribution in [0.1, 0.15) is 12.8 Å². The molecule has 2 fully saturated rings. The maximum Gasteiger partial charge on any atom is 0.214 e. The van der Waals surface area contributed by atoms with Gasteiger partial charge in [-0.3, -0.25) is 0 Å². The molecule has 5 nitrogen and oxygen atoms in total. The predicted octanol–water partition coefficient (Wildman–Crippen LogP) is 1.84. The van der Waals surface area contributed by atoms with Gasteiger partial charge in [0.1, 0.15) is 0 Å². The van der Waals surface area contributed by atoms with E-state index in [0.717, 1.165) is 18.6 Å². The summed E-state index contributed by atoms with van der Waals surface area (Å²) in [5.41, 5.74) is 0.581. The Balaban J connectivity index is 1.64. The van der Waals surface area contributed by atoms with E-state index in [4.69, 9.17) is 4.74 Å². The number of nitrogens with zero attached hydrogens (tertiary/aromatic N) is 2. The summed E-state index contributed by atoms with van der Waals surface area (Å²) in [5.74, 6) is -1.57. The second kappa shape index (κ2) is 7.33. The van der Waals surface area contributed by atoms with Gasteiger partial charge >= 0.3 is 0 Å². The van der Waals surface area contributed by atoms with Crippen LogP contribution in [0, 0.1) is 17.6 Å². The lowest BCUT2D eigenvalue weighted by molar-refractivity contribution is 0.188. The topological polar surface area (TPSA) is 49.9 Å². The van der Waals surface area contributed by atoms with Gasteiger partial charge in [-0.25, -0.2) is 21.5 Å². The summed E-state index contributed by atoms with van der Waals surface area (Å²) in [6, 6.07) is 3.79. The molecule has 0 saturated carbocycles. The molecule has 1 aromatic rings. The molecule has 24 heavy (non-hydrogen) atoms. The minimum Gasteiger partial charge on any atom is -0.381 e. The predicted molar refractivity (Wildman–Crippen MR) is 87.5 cm³/mol. The zero-order chi connectivity index (χ0) is 17.2. The van der Waals surface area contributed by atoms with E-state index in [-0.39, 0.29) is 11.7 Å². The average molecular weight is 360 g/mol. The molecular formula is C16H22F2N2O3S. The van der Waals surface area contributed by atoms with Crippen LogP contribution in [0.15, 0.2) is 18.2 Å². The van der Waals surface area contributed by atoms with E-state index in [9.17, 15) is 17.2 Å². The quantitative estimate of drug-likeness (QED) is 0.822. The molecule has 2 saturated heterocycles. The highest BCUT2D eigenvalue weighted by molar-refractivity contribution is 7.89. The van der Waals surface area contributed by atoms with Crippen molar-refractivity contribution in [3.8, 4) is 0 Å². The smallest absolute Gasteiger partial charge is 0.214 e. The van der Waals surface area contributed by atoms with Gasteiger partial charge in [0.2, 0.25) is 10.0 Å². The fourth-order valence-corrected chi connectivity index (χ4v) is 5.07. The summed E-state index contributed by atoms with van der Waals surface area (Å²) in [6.07, 6.45) is 1.44. The summed E-state index contributed by atoms with van der Waals surface area (Å²) in [4.78, 5) is 1.90. The summed E-state index contributed by atoms with van der Waals surface area (Å²) < 4.78 is 58.4. The lowest BCUT2D eigenvalue weighted by Crippen LogP contribution is -2.38. The lowest BCUT2D eigenvalue weighted by atomic mass is 10.2. The van der Waals surface area contributed by atoms with Crippen molar-refractivity contribution in [2.45, 2.75) is 12.8 Å². The molecule has 2 aliphatic rings. The Morgan fingerprint density at radius 2 is 1.96 bits per heavy atom. The van der Waals surface area contributed by atoms with Gasteiger partial charge in [0.15, 0.2) is 11.6 Å². The normalized spacial score (nSPS) is 23.4. The molecule has 2 heterocycles. The molecule has 1 atom stereocenters. The number of sulfonamides is 1. The number of rotatable bonds is 4. The second-order valence-electron chi connectivity index (χ2n) is 6.35. The van der Waals surface area contributed by atoms with Gasteiger partial charge < -0.3 is 9.64 Å². The van der Waals surface area contributed by atoms with Gasteiger partial charge in [0.25, 0.3) is 0 Å². The molecule has 134 valence electrons. The van der Waals surface area contributed by atoms with Crippen molar-refractivity contribution < 1.29 is 21.9 Å². The summed E-state index contributed by atoms with van der Waals surface area (Å²) >= 11 is 0. The van der Waals surface area contributed by atoms with Crippen LogP contribution in [0.5, 0.6) is 0 Å². The van der Waals surface area contributed by atoms with Crippen molar-refractivity contribution >= 4 is 15.7 Å². The van der Waals surface area contributed by atoms with Gasteiger partial charge in [-0.15, -0.1) is 0 Å². The van der Waals surface area contributed by atoms with Crippen molar-refractivity contribution in [3.05, 3.63) is 29.8 Å². The van der Waals surface area contributed by atoms with E-state index in [0.29, 0.717) is 51.5 Å². The standard InChI is InChI=1S/C16H22F2N2O3S/c17-15-3-2-14(10-16(15)18)19-5-1-6-20(8-7-19)24(21,22)12-13-4-9-23-11-13/h2-3,10,13H,1,4-9,11-12H2. The molecule has 0 aliphatic carbocycles. The van der Waals surface area contributed by atoms with Crippen molar-refractivity contribution in [2.24, 2.45) is 5.92 Å². The van der Waals surface area contributed by atoms with E-state index in [1.54, 1.807) is 0 Å². The summed E-state index contributed by atoms with van der Waals surface area (Å²) in [7, 11) is -3.32. The van der Waals surface area contributed by atoms with Crippen LogP contribution < -0.4 is 4.90 Å². The van der Waals surface area contributed by atoms with E-state index < -0.39 is 21.7 Å². The van der Waals surface area contributed by atoms with E-state index >= 15 is 0 Å². The molecule has 1 unspecified atom stereocenters. The minimum absolute atomic E-state index is 0.0700. The Hall–Kier alpha value is -1.25. The molecule has 0 spiro atoms. The molecule has 0 N–H and O–H groups in total. The van der Waals surface area contributed by atoms with Gasteiger partial charge in [-0.1, -0.05) is 0 Å². The fraction of sp³-hybridized carbons (Fsp3) is 0.625. The highest BCUT2D eigenvalue weighted by atomic mass is 32.2. The SMILES string of the molecule is O=S(=O)(CC1CCOC1)N1CCCN(c2ccc(F)c(F)c2)CC1. The van der Waals surface area contributed by atoms with Crippen molar-refractivity contribution in [1.29, 1.82) is 0 Å². The second-order valence-corrected chi connectivity index (χ2v) is 8.36. The third kappa shape index (κ3) is 4.04. The summed E-state index contributed by atoms with van der Waals surface area (Å²) in [5, 5.41) is 0. The third-order valence-corrected chi connectivity index (χ3v) is 6.63. The maximum atomic E-state index is 13.4. The number of halogens is 2. The Morgan fingerprint density at radius 3 is 2.67 bits per heavy atom. The first-order chi connectivity index (χ1) is 11.5. The molecule has 0 amide bonds. The highest BCUT2D eigenvalue weighted by Crippen LogP contribution is 2.22. The van der Waals surface area contributed by atoms with Crippen LogP contribution >= 0.6 is 0 Å². The largest absolute Gasteiger partial charge is 0.381 e. The van der Waals surface area contributed by atoms with Gasteiger partial charge in [0, 0.05) is 44.5 Å². The van der Waals surface area contributed by atoms with Gasteiger partial charge in [0.05, 0.1) is 12.4 Å². The van der Waals surface area contributed by atoms with Crippen LogP contribution in [0.3, 0.4) is 0 Å². The van der Waals surface area contributed by atoms with Gasteiger partial charge in [-0.2, -0.15) is 0 Å². The summed E-state index contributed by atoms with van der Waals surface area (Å²) in [6.45, 7) is 3.03. The van der Waals surface area contributed by atoms with Crippen molar-refractivity contribution in [2.75, 3.05) is 50.0 Å². The van der Waals surface area contributed by atoms with Crippen LogP contribution in [-0.2, 0) is 14.8 Å². The fourth-order valence-electron chi connectivity index (χ4n) is 3.23. The van der Waals surface area contributed by atoms with E-state index in [2.05, 4.69) is 0 Å². The van der Waals surface area contributed by atoms with Crippen molar-refractivity contribution in [1.82, 2.24) is 4.31 Å². The molecule has 0 aromatic heterocycles. The number of hydrogen-bond acceptors (Lipinski definition) is 4. The maximum absolute atomic E-state index is 13.4. The Labute approximate surface area is 141 Å². The van der Waals surface area contributed by atoms with E-state index in [1.807, 2.05) is 4.90 Å². The molecule has 0 bridgehead atoms. The number of benzene rings is 1. The zero-order valence-electron chi connectivity index (χ0n) is 13.5. The monoisotopic (exact) mass is 360 g/mol. The Kier molecular flexibility index (Phi) is 5.36. The third-order valence-electron chi connectivity index (χ3n) is 4.59. The average Bonchev–Trinajstić information content (AvgIpc) is 2.90. The molecule has 0 radical (unpaired) electrons. The van der Waals surface area contributed by atoms with E-state index in [1.165, 1.54) is 10.4 Å². The van der Waals surface area contributed by atoms with Crippen LogP contribution in [0.25, 0.3) is 0 Å². The molecule has 3 rings (SSSR count). The molecule has 1 aromatic carbocycles. The van der Waals surface area contributed by atoms with Crippen LogP contribution in [-0.4, -0.2) is 57.9 Å². The molecule has 2 aliphatic heterocycles. The highest BCUT2D eigenvalue weighted by Gasteiger charge is 2.30. The lowest BCUT2D eigenvalue weighted by Gasteiger charge is -2.24. The first-order valence-corrected chi connectivity index (χ1v) is 9.82. The zero-order valence-corrected chi connectivity index (χ0v) is 14.3. The Bertz CT molecular complexity index is 678. The van der Waals surface area contributed by atoms with Gasteiger partial charge in [-0.05, 0) is 30.9 Å². The molecule has 8 heteroatoms. The first kappa shape index (κ1) is 17.6. The van der Waals surface area contributed by atoms with Crippen LogP contribution in [0.4, 0.5) is 14.5 Å². The number of anilines is 1. The number of ether oxygens (including phenoxy) is 1. The first-order valence-electron chi connectivity index (χ1n) is 8.21. The van der Waals surface area contributed by atoms with Crippen LogP contribution in [0.2, 0.25) is 0 Å².